The minimum absolute atomic E-state index is 0.00816. The molecule has 0 aliphatic carbocycles. The molecule has 0 spiro atoms. The van der Waals surface area contributed by atoms with Crippen molar-refractivity contribution in [2.75, 3.05) is 20.3 Å². The van der Waals surface area contributed by atoms with Gasteiger partial charge in [0.05, 0.1) is 13.5 Å². The third-order valence-corrected chi connectivity index (χ3v) is 3.62. The van der Waals surface area contributed by atoms with E-state index >= 15 is 0 Å². The fourth-order valence-electron chi connectivity index (χ4n) is 2.04. The van der Waals surface area contributed by atoms with Crippen molar-refractivity contribution in [3.63, 3.8) is 0 Å². The van der Waals surface area contributed by atoms with Crippen LogP contribution in [0, 0.1) is 0 Å². The molecule has 9 heteroatoms. The largest absolute Gasteiger partial charge is 0.497 e. The molecule has 0 aliphatic heterocycles. The second kappa shape index (κ2) is 10.8. The van der Waals surface area contributed by atoms with E-state index in [0.717, 1.165) is 0 Å². The van der Waals surface area contributed by atoms with Crippen LogP contribution in [0.25, 0.3) is 0 Å². The van der Waals surface area contributed by atoms with Gasteiger partial charge in [0.1, 0.15) is 11.5 Å². The summed E-state index contributed by atoms with van der Waals surface area (Å²) in [6.45, 7) is -0.835. The predicted molar refractivity (Wildman–Crippen MR) is 101 cm³/mol. The Morgan fingerprint density at radius 1 is 0.929 bits per heavy atom. The molecule has 2 amide bonds. The molecule has 0 aliphatic rings. The molecule has 0 atom stereocenters. The summed E-state index contributed by atoms with van der Waals surface area (Å²) in [7, 11) is 1.52. The molecule has 0 saturated carbocycles. The summed E-state index contributed by atoms with van der Waals surface area (Å²) in [5.74, 6) is -0.769. The van der Waals surface area contributed by atoms with E-state index < -0.39 is 24.4 Å². The first-order valence-corrected chi connectivity index (χ1v) is 8.58. The quantitative estimate of drug-likeness (QED) is 0.510. The van der Waals surface area contributed by atoms with Crippen molar-refractivity contribution < 1.29 is 28.6 Å². The number of hydrazine groups is 1. The van der Waals surface area contributed by atoms with Crippen molar-refractivity contribution in [1.82, 2.24) is 10.9 Å². The number of methoxy groups -OCH3 is 1. The Morgan fingerprint density at radius 3 is 2.29 bits per heavy atom. The molecule has 0 radical (unpaired) electrons. The van der Waals surface area contributed by atoms with Gasteiger partial charge in [-0.3, -0.25) is 25.2 Å². The monoisotopic (exact) mass is 406 g/mol. The van der Waals surface area contributed by atoms with Gasteiger partial charge in [0.15, 0.2) is 13.2 Å². The molecule has 0 fully saturated rings. The second-order valence-corrected chi connectivity index (χ2v) is 5.96. The molecule has 0 heterocycles. The van der Waals surface area contributed by atoms with Crippen molar-refractivity contribution >= 4 is 29.4 Å². The van der Waals surface area contributed by atoms with Crippen molar-refractivity contribution in [1.29, 1.82) is 0 Å². The van der Waals surface area contributed by atoms with Gasteiger partial charge in [0.2, 0.25) is 0 Å². The predicted octanol–water partition coefficient (Wildman–Crippen LogP) is 1.66. The number of rotatable bonds is 8. The summed E-state index contributed by atoms with van der Waals surface area (Å²) in [6.07, 6.45) is -0.00816. The minimum Gasteiger partial charge on any atom is -0.497 e. The lowest BCUT2D eigenvalue weighted by Crippen LogP contribution is -2.45. The Morgan fingerprint density at radius 2 is 1.61 bits per heavy atom. The molecule has 2 aromatic rings. The Balaban J connectivity index is 1.64. The molecule has 0 aromatic heterocycles. The SMILES string of the molecule is COc1cccc(CC(=O)OCC(=O)NNC(=O)COc2ccc(Cl)cc2)c1. The zero-order valence-electron chi connectivity index (χ0n) is 15.1. The first-order chi connectivity index (χ1) is 13.5. The number of ether oxygens (including phenoxy) is 3. The second-order valence-electron chi connectivity index (χ2n) is 5.53. The van der Waals surface area contributed by atoms with Crippen LogP contribution in [0.15, 0.2) is 48.5 Å². The number of esters is 1. The van der Waals surface area contributed by atoms with E-state index in [1.54, 1.807) is 48.5 Å². The normalized spacial score (nSPS) is 9.93. The highest BCUT2D eigenvalue weighted by Gasteiger charge is 2.10. The summed E-state index contributed by atoms with van der Waals surface area (Å²) in [5.41, 5.74) is 4.98. The maximum Gasteiger partial charge on any atom is 0.310 e. The fraction of sp³-hybridized carbons (Fsp3) is 0.211. The highest BCUT2D eigenvalue weighted by Crippen LogP contribution is 2.15. The van der Waals surface area contributed by atoms with E-state index in [2.05, 4.69) is 10.9 Å². The zero-order valence-corrected chi connectivity index (χ0v) is 15.8. The topological polar surface area (TPSA) is 103 Å². The van der Waals surface area contributed by atoms with Gasteiger partial charge >= 0.3 is 5.97 Å². The summed E-state index contributed by atoms with van der Waals surface area (Å²) < 4.78 is 15.2. The van der Waals surface area contributed by atoms with Crippen LogP contribution < -0.4 is 20.3 Å². The summed E-state index contributed by atoms with van der Waals surface area (Å²) in [4.78, 5) is 35.0. The third kappa shape index (κ3) is 7.55. The van der Waals surface area contributed by atoms with Crippen molar-refractivity contribution in [3.8, 4) is 11.5 Å². The molecule has 148 valence electrons. The lowest BCUT2D eigenvalue weighted by Gasteiger charge is -2.09. The van der Waals surface area contributed by atoms with E-state index in [-0.39, 0.29) is 13.0 Å². The van der Waals surface area contributed by atoms with E-state index in [0.29, 0.717) is 22.1 Å². The van der Waals surface area contributed by atoms with Crippen LogP contribution in [-0.4, -0.2) is 38.1 Å². The maximum atomic E-state index is 11.8. The highest BCUT2D eigenvalue weighted by molar-refractivity contribution is 6.30. The van der Waals surface area contributed by atoms with Gasteiger partial charge in [-0.25, -0.2) is 0 Å². The number of hydrogen-bond acceptors (Lipinski definition) is 6. The number of nitrogens with one attached hydrogen (secondary N) is 2. The highest BCUT2D eigenvalue weighted by atomic mass is 35.5. The van der Waals surface area contributed by atoms with E-state index in [4.69, 9.17) is 25.8 Å². The average Bonchev–Trinajstić information content (AvgIpc) is 2.70. The standard InChI is InChI=1S/C19H19ClN2O6/c1-26-16-4-2-3-13(9-16)10-19(25)28-12-18(24)22-21-17(23)11-27-15-7-5-14(20)6-8-15/h2-9H,10-12H2,1H3,(H,21,23)(H,22,24). The molecule has 2 N–H and O–H groups in total. The van der Waals surface area contributed by atoms with Crippen LogP contribution in [0.3, 0.4) is 0 Å². The Bertz CT molecular complexity index is 825. The number of halogens is 1. The fourth-order valence-corrected chi connectivity index (χ4v) is 2.16. The summed E-state index contributed by atoms with van der Waals surface area (Å²) in [6, 6.07) is 13.4. The van der Waals surface area contributed by atoms with Crippen LogP contribution in [0.2, 0.25) is 5.02 Å². The molecular weight excluding hydrogens is 388 g/mol. The third-order valence-electron chi connectivity index (χ3n) is 3.37. The molecule has 8 nitrogen and oxygen atoms in total. The van der Waals surface area contributed by atoms with Gasteiger partial charge < -0.3 is 14.2 Å². The van der Waals surface area contributed by atoms with Gasteiger partial charge in [-0.15, -0.1) is 0 Å². The summed E-state index contributed by atoms with van der Waals surface area (Å²) >= 11 is 5.75. The lowest BCUT2D eigenvalue weighted by molar-refractivity contribution is -0.148. The molecule has 2 rings (SSSR count). The minimum atomic E-state index is -0.682. The molecule has 28 heavy (non-hydrogen) atoms. The number of benzene rings is 2. The lowest BCUT2D eigenvalue weighted by atomic mass is 10.1. The first kappa shape index (κ1) is 21.0. The average molecular weight is 407 g/mol. The number of amides is 2. The van der Waals surface area contributed by atoms with Crippen LogP contribution in [0.5, 0.6) is 11.5 Å². The Hall–Kier alpha value is -3.26. The summed E-state index contributed by atoms with van der Waals surface area (Å²) in [5, 5.41) is 0.546. The van der Waals surface area contributed by atoms with Gasteiger partial charge in [-0.1, -0.05) is 23.7 Å². The molecular formula is C19H19ClN2O6. The van der Waals surface area contributed by atoms with Crippen LogP contribution >= 0.6 is 11.6 Å². The van der Waals surface area contributed by atoms with Gasteiger partial charge in [-0.05, 0) is 42.0 Å². The van der Waals surface area contributed by atoms with Crippen molar-refractivity contribution in [2.24, 2.45) is 0 Å². The van der Waals surface area contributed by atoms with Gasteiger partial charge in [0.25, 0.3) is 11.8 Å². The molecule has 2 aromatic carbocycles. The van der Waals surface area contributed by atoms with Crippen LogP contribution in [-0.2, 0) is 25.5 Å². The smallest absolute Gasteiger partial charge is 0.310 e. The Labute approximate surface area is 166 Å². The van der Waals surface area contributed by atoms with Gasteiger partial charge in [-0.2, -0.15) is 0 Å². The molecule has 0 saturated heterocycles. The van der Waals surface area contributed by atoms with E-state index in [1.807, 2.05) is 0 Å². The number of carbonyl (C=O) groups excluding carboxylic acids is 3. The first-order valence-electron chi connectivity index (χ1n) is 8.21. The maximum absolute atomic E-state index is 11.8. The Kier molecular flexibility index (Phi) is 8.11. The van der Waals surface area contributed by atoms with Crippen molar-refractivity contribution in [2.45, 2.75) is 6.42 Å². The van der Waals surface area contributed by atoms with Gasteiger partial charge in [0, 0.05) is 5.02 Å². The number of carbonyl (C=O) groups is 3. The van der Waals surface area contributed by atoms with Crippen LogP contribution in [0.4, 0.5) is 0 Å². The van der Waals surface area contributed by atoms with E-state index in [9.17, 15) is 14.4 Å². The number of hydrogen-bond donors (Lipinski definition) is 2. The zero-order chi connectivity index (χ0) is 20.4. The molecule has 0 unspecified atom stereocenters. The molecule has 0 bridgehead atoms. The van der Waals surface area contributed by atoms with Crippen molar-refractivity contribution in [3.05, 3.63) is 59.1 Å². The van der Waals surface area contributed by atoms with E-state index in [1.165, 1.54) is 7.11 Å². The van der Waals surface area contributed by atoms with Crippen LogP contribution in [0.1, 0.15) is 5.56 Å².